The predicted molar refractivity (Wildman–Crippen MR) is 75.9 cm³/mol. The third-order valence-electron chi connectivity index (χ3n) is 2.85. The largest absolute Gasteiger partial charge is 0.465 e. The zero-order valence-electron chi connectivity index (χ0n) is 11.1. The number of hydrogen-bond acceptors (Lipinski definition) is 5. The van der Waals surface area contributed by atoms with Crippen LogP contribution in [0.2, 0.25) is 5.15 Å². The number of methoxy groups -OCH3 is 1. The average Bonchev–Trinajstić information content (AvgIpc) is 2.75. The quantitative estimate of drug-likeness (QED) is 0.795. The average molecular weight is 297 g/mol. The molecule has 6 heteroatoms. The van der Waals surface area contributed by atoms with E-state index in [0.717, 1.165) is 17.0 Å². The van der Waals surface area contributed by atoms with Crippen LogP contribution >= 0.6 is 22.9 Å². The molecule has 0 aliphatic heterocycles. The maximum Gasteiger partial charge on any atom is 0.348 e. The van der Waals surface area contributed by atoms with Crippen molar-refractivity contribution in [3.63, 3.8) is 0 Å². The molecular weight excluding hydrogens is 284 g/mol. The Morgan fingerprint density at radius 3 is 2.53 bits per heavy atom. The van der Waals surface area contributed by atoms with Crippen LogP contribution in [0.5, 0.6) is 0 Å². The van der Waals surface area contributed by atoms with Gasteiger partial charge in [-0.3, -0.25) is 0 Å². The number of hydrogen-bond donors (Lipinski definition) is 0. The first-order valence-electron chi connectivity index (χ1n) is 5.63. The van der Waals surface area contributed by atoms with Gasteiger partial charge < -0.3 is 4.74 Å². The van der Waals surface area contributed by atoms with Gasteiger partial charge in [0.25, 0.3) is 0 Å². The summed E-state index contributed by atoms with van der Waals surface area (Å²) in [5.41, 5.74) is 3.74. The Labute approximate surface area is 120 Å². The molecule has 0 unspecified atom stereocenters. The fraction of sp³-hybridized carbons (Fsp3) is 0.308. The fourth-order valence-corrected chi connectivity index (χ4v) is 2.95. The number of aromatic nitrogens is 2. The second kappa shape index (κ2) is 5.27. The van der Waals surface area contributed by atoms with Crippen molar-refractivity contribution in [2.45, 2.75) is 20.8 Å². The number of esters is 1. The lowest BCUT2D eigenvalue weighted by Crippen LogP contribution is -2.03. The lowest BCUT2D eigenvalue weighted by atomic mass is 10.1. The molecule has 0 bridgehead atoms. The maximum absolute atomic E-state index is 11.8. The Morgan fingerprint density at radius 2 is 1.89 bits per heavy atom. The van der Waals surface area contributed by atoms with Crippen LogP contribution in [0.4, 0.5) is 0 Å². The zero-order chi connectivity index (χ0) is 14.2. The molecule has 100 valence electrons. The van der Waals surface area contributed by atoms with E-state index < -0.39 is 0 Å². The van der Waals surface area contributed by atoms with Crippen LogP contribution in [-0.2, 0) is 4.74 Å². The van der Waals surface area contributed by atoms with Crippen molar-refractivity contribution >= 4 is 28.9 Å². The topological polar surface area (TPSA) is 52.1 Å². The molecule has 0 aliphatic rings. The second-order valence-corrected chi connectivity index (χ2v) is 5.39. The van der Waals surface area contributed by atoms with Crippen molar-refractivity contribution in [1.82, 2.24) is 9.97 Å². The molecule has 0 atom stereocenters. The van der Waals surface area contributed by atoms with Crippen LogP contribution < -0.4 is 0 Å². The maximum atomic E-state index is 11.8. The number of rotatable bonds is 2. The summed E-state index contributed by atoms with van der Waals surface area (Å²) in [6.45, 7) is 5.62. The van der Waals surface area contributed by atoms with Gasteiger partial charge in [-0.2, -0.15) is 0 Å². The first-order chi connectivity index (χ1) is 8.95. The Hall–Kier alpha value is -1.46. The van der Waals surface area contributed by atoms with Crippen molar-refractivity contribution in [1.29, 1.82) is 0 Å². The molecule has 2 heterocycles. The summed E-state index contributed by atoms with van der Waals surface area (Å²) in [4.78, 5) is 21.0. The third-order valence-corrected chi connectivity index (χ3v) is 4.19. The van der Waals surface area contributed by atoms with E-state index in [1.807, 2.05) is 26.2 Å². The van der Waals surface area contributed by atoms with Gasteiger partial charge >= 0.3 is 5.97 Å². The minimum atomic E-state index is -0.385. The molecule has 4 nitrogen and oxygen atoms in total. The number of carbonyl (C=O) groups is 1. The van der Waals surface area contributed by atoms with Crippen LogP contribution in [-0.4, -0.2) is 23.0 Å². The van der Waals surface area contributed by atoms with Gasteiger partial charge in [0.2, 0.25) is 0 Å². The van der Waals surface area contributed by atoms with Crippen LogP contribution in [0.3, 0.4) is 0 Å². The zero-order valence-corrected chi connectivity index (χ0v) is 12.6. The number of aryl methyl sites for hydroxylation is 3. The van der Waals surface area contributed by atoms with E-state index in [1.54, 1.807) is 0 Å². The summed E-state index contributed by atoms with van der Waals surface area (Å²) in [7, 11) is 1.36. The first kappa shape index (κ1) is 14.0. The lowest BCUT2D eigenvalue weighted by Gasteiger charge is -2.08. The van der Waals surface area contributed by atoms with Crippen molar-refractivity contribution in [2.75, 3.05) is 7.11 Å². The first-order valence-corrected chi connectivity index (χ1v) is 6.89. The normalized spacial score (nSPS) is 10.6. The Balaban J connectivity index is 2.68. The SMILES string of the molecule is COC(=O)c1scc(C)c1-c1nc(C)c(C)nc1Cl. The molecule has 2 rings (SSSR count). The highest BCUT2D eigenvalue weighted by molar-refractivity contribution is 7.12. The minimum Gasteiger partial charge on any atom is -0.465 e. The van der Waals surface area contributed by atoms with E-state index in [-0.39, 0.29) is 5.97 Å². The van der Waals surface area contributed by atoms with Crippen molar-refractivity contribution < 1.29 is 9.53 Å². The van der Waals surface area contributed by atoms with E-state index in [0.29, 0.717) is 21.3 Å². The van der Waals surface area contributed by atoms with Crippen LogP contribution in [0.25, 0.3) is 11.3 Å². The Kier molecular flexibility index (Phi) is 3.87. The number of halogens is 1. The molecule has 0 spiro atoms. The molecule has 0 aliphatic carbocycles. The van der Waals surface area contributed by atoms with Gasteiger partial charge in [-0.1, -0.05) is 11.6 Å². The van der Waals surface area contributed by atoms with E-state index >= 15 is 0 Å². The predicted octanol–water partition coefficient (Wildman–Crippen LogP) is 3.57. The molecule has 0 N–H and O–H groups in total. The molecule has 2 aromatic rings. The molecule has 0 saturated heterocycles. The van der Waals surface area contributed by atoms with Gasteiger partial charge in [-0.25, -0.2) is 14.8 Å². The van der Waals surface area contributed by atoms with Gasteiger partial charge in [0.1, 0.15) is 10.6 Å². The summed E-state index contributed by atoms with van der Waals surface area (Å²) in [6, 6.07) is 0. The standard InChI is InChI=1S/C13H13ClN2O2S/c1-6-5-19-11(13(17)18-4)9(6)10-12(14)16-8(3)7(2)15-10/h5H,1-4H3. The molecule has 0 saturated carbocycles. The number of ether oxygens (including phenoxy) is 1. The van der Waals surface area contributed by atoms with E-state index in [2.05, 4.69) is 9.97 Å². The van der Waals surface area contributed by atoms with Crippen molar-refractivity contribution in [2.24, 2.45) is 0 Å². The molecule has 2 aromatic heterocycles. The smallest absolute Gasteiger partial charge is 0.348 e. The summed E-state index contributed by atoms with van der Waals surface area (Å²) in [5.74, 6) is -0.385. The van der Waals surface area contributed by atoms with Gasteiger partial charge in [0.05, 0.1) is 18.5 Å². The van der Waals surface area contributed by atoms with Crippen molar-refractivity contribution in [3.05, 3.63) is 32.4 Å². The molecule has 19 heavy (non-hydrogen) atoms. The van der Waals surface area contributed by atoms with Gasteiger partial charge in [-0.05, 0) is 31.7 Å². The molecule has 0 aromatic carbocycles. The summed E-state index contributed by atoms with van der Waals surface area (Å²) in [5, 5.41) is 2.18. The van der Waals surface area contributed by atoms with E-state index in [4.69, 9.17) is 16.3 Å². The highest BCUT2D eigenvalue weighted by Gasteiger charge is 2.22. The molecule has 0 amide bonds. The summed E-state index contributed by atoms with van der Waals surface area (Å²) in [6.07, 6.45) is 0. The Morgan fingerprint density at radius 1 is 1.26 bits per heavy atom. The van der Waals surface area contributed by atoms with Crippen molar-refractivity contribution in [3.8, 4) is 11.3 Å². The van der Waals surface area contributed by atoms with E-state index in [1.165, 1.54) is 18.4 Å². The second-order valence-electron chi connectivity index (χ2n) is 4.15. The molecule has 0 radical (unpaired) electrons. The van der Waals surface area contributed by atoms with Gasteiger partial charge in [-0.15, -0.1) is 11.3 Å². The number of nitrogens with zero attached hydrogens (tertiary/aromatic N) is 2. The van der Waals surface area contributed by atoms with Gasteiger partial charge in [0, 0.05) is 5.56 Å². The monoisotopic (exact) mass is 296 g/mol. The third kappa shape index (κ3) is 2.48. The number of thiophene rings is 1. The van der Waals surface area contributed by atoms with Crippen LogP contribution in [0.15, 0.2) is 5.38 Å². The highest BCUT2D eigenvalue weighted by Crippen LogP contribution is 2.35. The Bertz CT molecular complexity index is 652. The summed E-state index contributed by atoms with van der Waals surface area (Å²) < 4.78 is 4.79. The minimum absolute atomic E-state index is 0.301. The fourth-order valence-electron chi connectivity index (χ4n) is 1.72. The lowest BCUT2D eigenvalue weighted by molar-refractivity contribution is 0.0607. The molecular formula is C13H13ClN2O2S. The van der Waals surface area contributed by atoms with Crippen LogP contribution in [0, 0.1) is 20.8 Å². The summed E-state index contributed by atoms with van der Waals surface area (Å²) >= 11 is 7.49. The van der Waals surface area contributed by atoms with E-state index in [9.17, 15) is 4.79 Å². The van der Waals surface area contributed by atoms with Crippen LogP contribution in [0.1, 0.15) is 26.6 Å². The van der Waals surface area contributed by atoms with Gasteiger partial charge in [0.15, 0.2) is 5.15 Å². The number of carbonyl (C=O) groups excluding carboxylic acids is 1. The highest BCUT2D eigenvalue weighted by atomic mass is 35.5. The molecule has 0 fully saturated rings.